The summed E-state index contributed by atoms with van der Waals surface area (Å²) < 4.78 is 11.0. The number of rotatable bonds is 9. The van der Waals surface area contributed by atoms with Crippen LogP contribution in [0.5, 0.6) is 0 Å². The Bertz CT molecular complexity index is 1110. The molecule has 3 unspecified atom stereocenters. The summed E-state index contributed by atoms with van der Waals surface area (Å²) >= 11 is 0. The largest absolute Gasteiger partial charge is 0.463 e. The zero-order valence-corrected chi connectivity index (χ0v) is 20.7. The van der Waals surface area contributed by atoms with Crippen molar-refractivity contribution in [1.82, 2.24) is 10.8 Å². The van der Waals surface area contributed by atoms with Gasteiger partial charge in [0.05, 0.1) is 19.1 Å². The first-order valence-corrected chi connectivity index (χ1v) is 11.6. The summed E-state index contributed by atoms with van der Waals surface area (Å²) in [5.74, 6) is -2.97. The highest BCUT2D eigenvalue weighted by Gasteiger charge is 2.55. The first-order valence-electron chi connectivity index (χ1n) is 11.6. The van der Waals surface area contributed by atoms with Gasteiger partial charge in [0, 0.05) is 5.41 Å². The number of amides is 2. The zero-order chi connectivity index (χ0) is 25.8. The Labute approximate surface area is 205 Å². The van der Waals surface area contributed by atoms with Crippen LogP contribution in [0, 0.1) is 16.7 Å². The van der Waals surface area contributed by atoms with Gasteiger partial charge in [-0.1, -0.05) is 76.2 Å². The van der Waals surface area contributed by atoms with Crippen LogP contribution in [-0.4, -0.2) is 48.4 Å². The van der Waals surface area contributed by atoms with Crippen molar-refractivity contribution in [2.75, 3.05) is 13.2 Å². The number of nitrogens with one attached hydrogen (secondary N) is 2. The Morgan fingerprint density at radius 2 is 1.91 bits per heavy atom. The normalized spacial score (nSPS) is 21.7. The fourth-order valence-electron chi connectivity index (χ4n) is 4.33. The molecule has 0 aliphatic carbocycles. The van der Waals surface area contributed by atoms with E-state index >= 15 is 0 Å². The number of fused-ring (bicyclic) bond motifs is 1. The highest BCUT2D eigenvalue weighted by Crippen LogP contribution is 2.45. The summed E-state index contributed by atoms with van der Waals surface area (Å²) in [6.07, 6.45) is 0.274. The first-order chi connectivity index (χ1) is 16.5. The molecule has 3 N–H and O–H groups in total. The van der Waals surface area contributed by atoms with Gasteiger partial charge in [0.1, 0.15) is 6.04 Å². The summed E-state index contributed by atoms with van der Waals surface area (Å²) in [6, 6.07) is 12.7. The maximum absolute atomic E-state index is 13.7. The van der Waals surface area contributed by atoms with E-state index in [0.29, 0.717) is 0 Å². The second kappa shape index (κ2) is 10.6. The first kappa shape index (κ1) is 26.4. The SMILES string of the molecule is C=CCOC(C(=O)NO)C(Cc1ccc2ccccc2c1)C(=O)N[C@@H]1C(=O)OCC1(C)C(C)(C)C. The average molecular weight is 483 g/mol. The van der Waals surface area contributed by atoms with Gasteiger partial charge in [-0.2, -0.15) is 0 Å². The maximum atomic E-state index is 13.7. The second-order valence-corrected chi connectivity index (χ2v) is 10.2. The maximum Gasteiger partial charge on any atom is 0.329 e. The molecule has 2 amide bonds. The van der Waals surface area contributed by atoms with E-state index in [0.717, 1.165) is 16.3 Å². The Morgan fingerprint density at radius 3 is 2.54 bits per heavy atom. The van der Waals surface area contributed by atoms with E-state index in [1.165, 1.54) is 6.08 Å². The lowest BCUT2D eigenvalue weighted by Crippen LogP contribution is -2.56. The van der Waals surface area contributed by atoms with E-state index in [1.54, 1.807) is 5.48 Å². The minimum atomic E-state index is -1.32. The standard InChI is InChI=1S/C27H34N2O6/c1-6-13-34-21(24(31)29-33)20(15-17-11-12-18-9-7-8-10-19(18)14-17)23(30)28-22-25(32)35-16-27(22,5)26(2,3)4/h6-12,14,20-22,33H,1,13,15-16H2,2-5H3,(H,28,30)(H,29,31)/t20?,21?,22-,27?/m1/s1. The van der Waals surface area contributed by atoms with Crippen molar-refractivity contribution in [3.8, 4) is 0 Å². The zero-order valence-electron chi connectivity index (χ0n) is 20.7. The molecule has 188 valence electrons. The van der Waals surface area contributed by atoms with E-state index in [2.05, 4.69) is 11.9 Å². The Hall–Kier alpha value is -3.23. The summed E-state index contributed by atoms with van der Waals surface area (Å²) in [5.41, 5.74) is 1.38. The molecule has 0 spiro atoms. The molecule has 0 radical (unpaired) electrons. The number of hydrogen-bond donors (Lipinski definition) is 3. The van der Waals surface area contributed by atoms with Crippen LogP contribution < -0.4 is 10.8 Å². The number of esters is 1. The van der Waals surface area contributed by atoms with E-state index in [9.17, 15) is 19.6 Å². The van der Waals surface area contributed by atoms with Gasteiger partial charge in [0.15, 0.2) is 6.10 Å². The molecule has 0 aromatic heterocycles. The molecule has 8 heteroatoms. The third-order valence-electron chi connectivity index (χ3n) is 7.12. The van der Waals surface area contributed by atoms with Crippen LogP contribution >= 0.6 is 0 Å². The van der Waals surface area contributed by atoms with Crippen LogP contribution in [0.1, 0.15) is 33.3 Å². The lowest BCUT2D eigenvalue weighted by atomic mass is 9.65. The molecule has 2 aromatic carbocycles. The van der Waals surface area contributed by atoms with Crippen molar-refractivity contribution in [3.63, 3.8) is 0 Å². The van der Waals surface area contributed by atoms with Crippen molar-refractivity contribution in [2.24, 2.45) is 16.7 Å². The minimum Gasteiger partial charge on any atom is -0.463 e. The molecule has 1 heterocycles. The molecule has 1 fully saturated rings. The van der Waals surface area contributed by atoms with Gasteiger partial charge in [0.25, 0.3) is 5.91 Å². The number of benzene rings is 2. The lowest BCUT2D eigenvalue weighted by Gasteiger charge is -2.40. The van der Waals surface area contributed by atoms with Gasteiger partial charge in [-0.3, -0.25) is 14.8 Å². The van der Waals surface area contributed by atoms with Crippen molar-refractivity contribution in [1.29, 1.82) is 0 Å². The predicted molar refractivity (Wildman–Crippen MR) is 131 cm³/mol. The molecule has 0 saturated carbocycles. The van der Waals surface area contributed by atoms with Crippen molar-refractivity contribution in [3.05, 3.63) is 60.7 Å². The molecule has 8 nitrogen and oxygen atoms in total. The van der Waals surface area contributed by atoms with E-state index in [-0.39, 0.29) is 25.0 Å². The van der Waals surface area contributed by atoms with Gasteiger partial charge in [0.2, 0.25) is 5.91 Å². The van der Waals surface area contributed by atoms with Gasteiger partial charge in [-0.15, -0.1) is 6.58 Å². The van der Waals surface area contributed by atoms with Crippen molar-refractivity contribution >= 4 is 28.6 Å². The molecule has 0 bridgehead atoms. The summed E-state index contributed by atoms with van der Waals surface area (Å²) in [7, 11) is 0. The Kier molecular flexibility index (Phi) is 7.97. The number of hydroxylamine groups is 1. The van der Waals surface area contributed by atoms with Crippen LogP contribution in [0.15, 0.2) is 55.1 Å². The molecule has 1 saturated heterocycles. The van der Waals surface area contributed by atoms with E-state index in [1.807, 2.05) is 70.2 Å². The molecule has 1 aliphatic heterocycles. The Morgan fingerprint density at radius 1 is 1.23 bits per heavy atom. The summed E-state index contributed by atoms with van der Waals surface area (Å²) in [5, 5.41) is 14.2. The topological polar surface area (TPSA) is 114 Å². The van der Waals surface area contributed by atoms with Crippen LogP contribution in [0.3, 0.4) is 0 Å². The van der Waals surface area contributed by atoms with E-state index in [4.69, 9.17) is 9.47 Å². The van der Waals surface area contributed by atoms with Gasteiger partial charge in [-0.25, -0.2) is 10.3 Å². The van der Waals surface area contributed by atoms with Gasteiger partial charge >= 0.3 is 5.97 Å². The Balaban J connectivity index is 1.97. The number of cyclic esters (lactones) is 1. The summed E-state index contributed by atoms with van der Waals surface area (Å²) in [6.45, 7) is 11.6. The molecule has 2 aromatic rings. The van der Waals surface area contributed by atoms with Gasteiger partial charge in [-0.05, 0) is 28.2 Å². The van der Waals surface area contributed by atoms with Crippen LogP contribution in [-0.2, 0) is 30.3 Å². The molecule has 35 heavy (non-hydrogen) atoms. The minimum absolute atomic E-state index is 0.00916. The van der Waals surface area contributed by atoms with Gasteiger partial charge < -0.3 is 14.8 Å². The van der Waals surface area contributed by atoms with Crippen LogP contribution in [0.2, 0.25) is 0 Å². The van der Waals surface area contributed by atoms with Crippen LogP contribution in [0.25, 0.3) is 10.8 Å². The quantitative estimate of drug-likeness (QED) is 0.219. The molecule has 1 aliphatic rings. The van der Waals surface area contributed by atoms with E-state index < -0.39 is 41.3 Å². The van der Waals surface area contributed by atoms with Crippen LogP contribution in [0.4, 0.5) is 0 Å². The predicted octanol–water partition coefficient (Wildman–Crippen LogP) is 3.17. The summed E-state index contributed by atoms with van der Waals surface area (Å²) in [4.78, 5) is 38.9. The molecular weight excluding hydrogens is 448 g/mol. The third-order valence-corrected chi connectivity index (χ3v) is 7.12. The fraction of sp³-hybridized carbons (Fsp3) is 0.444. The average Bonchev–Trinajstić information content (AvgIpc) is 3.12. The van der Waals surface area contributed by atoms with Crippen molar-refractivity contribution in [2.45, 2.75) is 46.3 Å². The third kappa shape index (κ3) is 5.55. The number of carbonyl (C=O) groups excluding carboxylic acids is 3. The monoisotopic (exact) mass is 482 g/mol. The molecule has 3 rings (SSSR count). The smallest absolute Gasteiger partial charge is 0.329 e. The number of hydrogen-bond acceptors (Lipinski definition) is 6. The number of ether oxygens (including phenoxy) is 2. The molecule has 4 atom stereocenters. The highest BCUT2D eigenvalue weighted by atomic mass is 16.5. The van der Waals surface area contributed by atoms with Crippen molar-refractivity contribution < 1.29 is 29.1 Å². The number of carbonyl (C=O) groups is 3. The second-order valence-electron chi connectivity index (χ2n) is 10.2. The fourth-order valence-corrected chi connectivity index (χ4v) is 4.33. The highest BCUT2D eigenvalue weighted by molar-refractivity contribution is 5.92. The lowest BCUT2D eigenvalue weighted by molar-refractivity contribution is -0.151. The molecular formula is C27H34N2O6.